The minimum atomic E-state index is -0.797. The van der Waals surface area contributed by atoms with Crippen LogP contribution < -0.4 is 0 Å². The predicted molar refractivity (Wildman–Crippen MR) is 261 cm³/mol. The van der Waals surface area contributed by atoms with Crippen molar-refractivity contribution >= 4 is 17.9 Å². The molecule has 0 rings (SSSR count). The summed E-state index contributed by atoms with van der Waals surface area (Å²) in [7, 11) is 0. The van der Waals surface area contributed by atoms with Crippen LogP contribution in [0.5, 0.6) is 0 Å². The number of carbonyl (C=O) groups is 3. The lowest BCUT2D eigenvalue weighted by molar-refractivity contribution is -0.167. The van der Waals surface area contributed by atoms with Crippen LogP contribution in [0.1, 0.15) is 239 Å². The molecule has 6 nitrogen and oxygen atoms in total. The molecule has 0 radical (unpaired) electrons. The van der Waals surface area contributed by atoms with Crippen LogP contribution in [0.25, 0.3) is 0 Å². The Labute approximate surface area is 376 Å². The van der Waals surface area contributed by atoms with Crippen molar-refractivity contribution in [2.75, 3.05) is 13.2 Å². The number of esters is 3. The standard InChI is InChI=1S/C55H94O6/c1-4-7-10-13-16-19-22-25-28-31-33-36-39-42-45-48-54(57)60-51-52(61-55(58)49-46-43-40-37-34-30-27-24-21-18-15-12-9-6-3)50-59-53(56)47-44-41-38-35-32-29-26-23-20-17-14-11-8-5-2/h16-21,25-30,52H,4-15,22-24,31-51H2,1-3H3/b19-16+,20-17+,21-18+,28-25+,29-26+,30-27+. The van der Waals surface area contributed by atoms with Gasteiger partial charge in [-0.05, 0) is 116 Å². The molecule has 0 aliphatic rings. The van der Waals surface area contributed by atoms with Crippen LogP contribution in [-0.4, -0.2) is 37.2 Å². The Morgan fingerprint density at radius 1 is 0.328 bits per heavy atom. The van der Waals surface area contributed by atoms with Gasteiger partial charge in [-0.2, -0.15) is 0 Å². The Kier molecular flexibility index (Phi) is 46.9. The van der Waals surface area contributed by atoms with E-state index in [1.54, 1.807) is 0 Å². The molecule has 0 amide bonds. The fraction of sp³-hybridized carbons (Fsp3) is 0.727. The second-order valence-electron chi connectivity index (χ2n) is 16.7. The average molecular weight is 851 g/mol. The molecule has 0 aromatic rings. The van der Waals surface area contributed by atoms with E-state index >= 15 is 0 Å². The molecule has 6 heteroatoms. The molecule has 0 aromatic carbocycles. The molecular weight excluding hydrogens is 757 g/mol. The lowest BCUT2D eigenvalue weighted by Gasteiger charge is -2.18. The van der Waals surface area contributed by atoms with Gasteiger partial charge in [0.05, 0.1) is 0 Å². The third-order valence-corrected chi connectivity index (χ3v) is 10.7. The van der Waals surface area contributed by atoms with Gasteiger partial charge < -0.3 is 14.2 Å². The number of unbranched alkanes of at least 4 members (excludes halogenated alkanes) is 22. The van der Waals surface area contributed by atoms with Crippen molar-refractivity contribution in [1.82, 2.24) is 0 Å². The van der Waals surface area contributed by atoms with Crippen molar-refractivity contribution in [2.24, 2.45) is 0 Å². The molecule has 0 N–H and O–H groups in total. The van der Waals surface area contributed by atoms with E-state index in [-0.39, 0.29) is 31.1 Å². The fourth-order valence-corrected chi connectivity index (χ4v) is 6.77. The third-order valence-electron chi connectivity index (χ3n) is 10.7. The van der Waals surface area contributed by atoms with Gasteiger partial charge in [-0.15, -0.1) is 0 Å². The molecule has 0 saturated heterocycles. The summed E-state index contributed by atoms with van der Waals surface area (Å²) in [5, 5.41) is 0. The van der Waals surface area contributed by atoms with Crippen LogP contribution in [0.15, 0.2) is 72.9 Å². The zero-order chi connectivity index (χ0) is 44.4. The maximum Gasteiger partial charge on any atom is 0.306 e. The van der Waals surface area contributed by atoms with E-state index in [4.69, 9.17) is 14.2 Å². The van der Waals surface area contributed by atoms with Gasteiger partial charge in [0.15, 0.2) is 6.10 Å². The molecule has 1 atom stereocenters. The van der Waals surface area contributed by atoms with E-state index in [1.807, 2.05) is 0 Å². The first-order valence-corrected chi connectivity index (χ1v) is 25.4. The normalized spacial score (nSPS) is 12.6. The summed E-state index contributed by atoms with van der Waals surface area (Å²) in [6.07, 6.45) is 61.6. The highest BCUT2D eigenvalue weighted by Crippen LogP contribution is 2.13. The summed E-state index contributed by atoms with van der Waals surface area (Å²) in [4.78, 5) is 37.9. The molecule has 0 aliphatic heterocycles. The van der Waals surface area contributed by atoms with Gasteiger partial charge in [0.2, 0.25) is 0 Å². The molecule has 0 aliphatic carbocycles. The fourth-order valence-electron chi connectivity index (χ4n) is 6.77. The van der Waals surface area contributed by atoms with Crippen molar-refractivity contribution < 1.29 is 28.6 Å². The Hall–Kier alpha value is -3.15. The Morgan fingerprint density at radius 3 is 0.902 bits per heavy atom. The van der Waals surface area contributed by atoms with E-state index in [0.29, 0.717) is 19.3 Å². The maximum absolute atomic E-state index is 12.8. The third kappa shape index (κ3) is 47.7. The highest BCUT2D eigenvalue weighted by Gasteiger charge is 2.19. The van der Waals surface area contributed by atoms with Crippen LogP contribution in [0, 0.1) is 0 Å². The number of rotatable bonds is 45. The lowest BCUT2D eigenvalue weighted by Crippen LogP contribution is -2.30. The van der Waals surface area contributed by atoms with Gasteiger partial charge in [0.25, 0.3) is 0 Å². The average Bonchev–Trinajstić information content (AvgIpc) is 3.26. The summed E-state index contributed by atoms with van der Waals surface area (Å²) in [6.45, 7) is 6.51. The molecule has 0 spiro atoms. The Morgan fingerprint density at radius 2 is 0.590 bits per heavy atom. The van der Waals surface area contributed by atoms with Gasteiger partial charge in [-0.25, -0.2) is 0 Å². The summed E-state index contributed by atoms with van der Waals surface area (Å²) >= 11 is 0. The SMILES string of the molecule is CCCCC/C=C/C/C=C/CCCCCCCC(=O)OCC(COC(=O)CCCCCC/C=C/C/C=C/CCCCC)OC(=O)CCCCCC/C=C/C/C=C/CCCCC. The van der Waals surface area contributed by atoms with Crippen LogP contribution in [0.2, 0.25) is 0 Å². The van der Waals surface area contributed by atoms with Gasteiger partial charge in [0.1, 0.15) is 13.2 Å². The summed E-state index contributed by atoms with van der Waals surface area (Å²) in [6, 6.07) is 0. The molecule has 61 heavy (non-hydrogen) atoms. The van der Waals surface area contributed by atoms with Crippen molar-refractivity contribution in [2.45, 2.75) is 245 Å². The van der Waals surface area contributed by atoms with Gasteiger partial charge >= 0.3 is 17.9 Å². The molecule has 0 heterocycles. The second-order valence-corrected chi connectivity index (χ2v) is 16.7. The number of ether oxygens (including phenoxy) is 3. The molecule has 0 aromatic heterocycles. The lowest BCUT2D eigenvalue weighted by atomic mass is 10.1. The molecule has 0 bridgehead atoms. The number of hydrogen-bond acceptors (Lipinski definition) is 6. The monoisotopic (exact) mass is 851 g/mol. The van der Waals surface area contributed by atoms with Crippen LogP contribution >= 0.6 is 0 Å². The van der Waals surface area contributed by atoms with E-state index in [1.165, 1.54) is 77.0 Å². The smallest absolute Gasteiger partial charge is 0.306 e. The largest absolute Gasteiger partial charge is 0.462 e. The van der Waals surface area contributed by atoms with Crippen molar-refractivity contribution in [3.63, 3.8) is 0 Å². The summed E-state index contributed by atoms with van der Waals surface area (Å²) in [5.41, 5.74) is 0. The molecule has 0 fully saturated rings. The number of carbonyl (C=O) groups excluding carboxylic acids is 3. The first-order chi connectivity index (χ1) is 30.0. The van der Waals surface area contributed by atoms with Crippen LogP contribution in [0.4, 0.5) is 0 Å². The molecular formula is C55H94O6. The van der Waals surface area contributed by atoms with Gasteiger partial charge in [0, 0.05) is 19.3 Å². The number of allylic oxidation sites excluding steroid dienone is 12. The van der Waals surface area contributed by atoms with E-state index in [9.17, 15) is 14.4 Å². The summed E-state index contributed by atoms with van der Waals surface area (Å²) < 4.78 is 16.7. The van der Waals surface area contributed by atoms with E-state index in [2.05, 4.69) is 93.7 Å². The first kappa shape index (κ1) is 57.9. The van der Waals surface area contributed by atoms with Gasteiger partial charge in [-0.3, -0.25) is 14.4 Å². The minimum Gasteiger partial charge on any atom is -0.462 e. The van der Waals surface area contributed by atoms with E-state index < -0.39 is 6.10 Å². The topological polar surface area (TPSA) is 78.9 Å². The minimum absolute atomic E-state index is 0.0967. The Balaban J connectivity index is 4.47. The molecule has 0 saturated carbocycles. The van der Waals surface area contributed by atoms with Crippen molar-refractivity contribution in [3.05, 3.63) is 72.9 Å². The second kappa shape index (κ2) is 49.5. The zero-order valence-corrected chi connectivity index (χ0v) is 39.9. The first-order valence-electron chi connectivity index (χ1n) is 25.4. The van der Waals surface area contributed by atoms with Gasteiger partial charge in [-0.1, -0.05) is 177 Å². The van der Waals surface area contributed by atoms with Crippen molar-refractivity contribution in [1.29, 1.82) is 0 Å². The quantitative estimate of drug-likeness (QED) is 0.0263. The van der Waals surface area contributed by atoms with Crippen LogP contribution in [0.3, 0.4) is 0 Å². The molecule has 1 unspecified atom stereocenters. The number of hydrogen-bond donors (Lipinski definition) is 0. The highest BCUT2D eigenvalue weighted by molar-refractivity contribution is 5.71. The van der Waals surface area contributed by atoms with Crippen molar-refractivity contribution in [3.8, 4) is 0 Å². The molecule has 350 valence electrons. The van der Waals surface area contributed by atoms with Crippen LogP contribution in [-0.2, 0) is 28.6 Å². The zero-order valence-electron chi connectivity index (χ0n) is 39.9. The maximum atomic E-state index is 12.8. The predicted octanol–water partition coefficient (Wildman–Crippen LogP) is 16.6. The van der Waals surface area contributed by atoms with E-state index in [0.717, 1.165) is 122 Å². The Bertz CT molecular complexity index is 1160. The summed E-state index contributed by atoms with van der Waals surface area (Å²) in [5.74, 6) is -0.947. The highest BCUT2D eigenvalue weighted by atomic mass is 16.6.